The van der Waals surface area contributed by atoms with Crippen molar-refractivity contribution in [2.24, 2.45) is 4.99 Å². The minimum absolute atomic E-state index is 0.0187. The van der Waals surface area contributed by atoms with Crippen molar-refractivity contribution in [1.82, 2.24) is 9.80 Å². The van der Waals surface area contributed by atoms with E-state index < -0.39 is 0 Å². The molecule has 0 bridgehead atoms. The molecule has 0 radical (unpaired) electrons. The number of carbonyl (C=O) groups is 1. The third kappa shape index (κ3) is 3.26. The Morgan fingerprint density at radius 2 is 2.14 bits per heavy atom. The average Bonchev–Trinajstić information content (AvgIpc) is 3.17. The van der Waals surface area contributed by atoms with E-state index in [0.29, 0.717) is 5.25 Å². The predicted octanol–water partition coefficient (Wildman–Crippen LogP) is 2.49. The summed E-state index contributed by atoms with van der Waals surface area (Å²) in [6.45, 7) is 8.57. The lowest BCUT2D eigenvalue weighted by atomic mass is 10.1. The van der Waals surface area contributed by atoms with Crippen LogP contribution >= 0.6 is 23.1 Å². The van der Waals surface area contributed by atoms with Gasteiger partial charge in [0.25, 0.3) is 0 Å². The normalized spacial score (nSPS) is 24.1. The molecule has 21 heavy (non-hydrogen) atoms. The number of thioether (sulfide) groups is 1. The first kappa shape index (κ1) is 14.9. The van der Waals surface area contributed by atoms with Crippen LogP contribution in [0.1, 0.15) is 24.6 Å². The molecule has 0 aliphatic carbocycles. The summed E-state index contributed by atoms with van der Waals surface area (Å²) >= 11 is 3.52. The first-order valence-corrected chi connectivity index (χ1v) is 9.19. The molecule has 3 rings (SSSR count). The third-order valence-corrected chi connectivity index (χ3v) is 6.20. The Bertz CT molecular complexity index is 521. The van der Waals surface area contributed by atoms with Crippen LogP contribution in [-0.2, 0) is 4.79 Å². The van der Waals surface area contributed by atoms with Gasteiger partial charge in [-0.2, -0.15) is 0 Å². The summed E-state index contributed by atoms with van der Waals surface area (Å²) in [6, 6.07) is 4.06. The van der Waals surface area contributed by atoms with E-state index >= 15 is 0 Å². The number of thiophene rings is 1. The fourth-order valence-corrected chi connectivity index (χ4v) is 4.45. The third-order valence-electron chi connectivity index (χ3n) is 3.99. The summed E-state index contributed by atoms with van der Waals surface area (Å²) in [4.78, 5) is 22.6. The quantitative estimate of drug-likeness (QED) is 0.839. The number of piperazine rings is 1. The first-order chi connectivity index (χ1) is 10.1. The van der Waals surface area contributed by atoms with Gasteiger partial charge in [0, 0.05) is 36.3 Å². The van der Waals surface area contributed by atoms with Crippen LogP contribution in [0.15, 0.2) is 22.5 Å². The van der Waals surface area contributed by atoms with Crippen LogP contribution in [0.2, 0.25) is 0 Å². The second-order valence-corrected chi connectivity index (χ2v) is 7.99. The highest BCUT2D eigenvalue weighted by Crippen LogP contribution is 2.26. The van der Waals surface area contributed by atoms with E-state index in [0.717, 1.165) is 37.6 Å². The molecule has 4 nitrogen and oxygen atoms in total. The van der Waals surface area contributed by atoms with Crippen LogP contribution in [0.5, 0.6) is 0 Å². The number of aliphatic imine (C=N–C) groups is 1. The maximum atomic E-state index is 12.6. The zero-order valence-corrected chi connectivity index (χ0v) is 14.1. The van der Waals surface area contributed by atoms with Gasteiger partial charge < -0.3 is 9.80 Å². The molecule has 6 heteroatoms. The highest BCUT2D eigenvalue weighted by molar-refractivity contribution is 8.14. The number of hydrogen-bond acceptors (Lipinski definition) is 5. The topological polar surface area (TPSA) is 35.9 Å². The van der Waals surface area contributed by atoms with Gasteiger partial charge in [0.1, 0.15) is 0 Å². The van der Waals surface area contributed by atoms with Crippen molar-refractivity contribution in [2.45, 2.75) is 25.0 Å². The Morgan fingerprint density at radius 1 is 1.38 bits per heavy atom. The van der Waals surface area contributed by atoms with E-state index in [9.17, 15) is 4.79 Å². The summed E-state index contributed by atoms with van der Waals surface area (Å²) < 4.78 is 0. The molecule has 0 N–H and O–H groups in total. The van der Waals surface area contributed by atoms with Gasteiger partial charge in [-0.3, -0.25) is 9.79 Å². The number of amides is 1. The van der Waals surface area contributed by atoms with Crippen molar-refractivity contribution in [2.75, 3.05) is 32.7 Å². The molecule has 0 saturated carbocycles. The Labute approximate surface area is 134 Å². The van der Waals surface area contributed by atoms with Crippen LogP contribution in [0.4, 0.5) is 0 Å². The molecule has 1 saturated heterocycles. The predicted molar refractivity (Wildman–Crippen MR) is 90.2 cm³/mol. The van der Waals surface area contributed by atoms with Gasteiger partial charge in [-0.1, -0.05) is 24.8 Å². The van der Waals surface area contributed by atoms with Gasteiger partial charge in [-0.15, -0.1) is 11.3 Å². The number of nitrogens with zero attached hydrogens (tertiary/aromatic N) is 3. The summed E-state index contributed by atoms with van der Waals surface area (Å²) in [7, 11) is 0. The summed E-state index contributed by atoms with van der Waals surface area (Å²) in [6.07, 6.45) is 0. The molecule has 1 aromatic heterocycles. The van der Waals surface area contributed by atoms with E-state index in [2.05, 4.69) is 22.9 Å². The second-order valence-electron chi connectivity index (χ2n) is 5.60. The Kier molecular flexibility index (Phi) is 4.54. The first-order valence-electron chi connectivity index (χ1n) is 7.43. The van der Waals surface area contributed by atoms with Crippen molar-refractivity contribution in [1.29, 1.82) is 0 Å². The van der Waals surface area contributed by atoms with Crippen LogP contribution in [0.25, 0.3) is 0 Å². The molecular formula is C15H21N3OS2. The number of rotatable bonds is 2. The van der Waals surface area contributed by atoms with Gasteiger partial charge in [0.15, 0.2) is 5.17 Å². The van der Waals surface area contributed by atoms with Crippen LogP contribution in [-0.4, -0.2) is 58.8 Å². The van der Waals surface area contributed by atoms with E-state index in [1.807, 2.05) is 35.0 Å². The maximum Gasteiger partial charge on any atom is 0.230 e. The zero-order valence-electron chi connectivity index (χ0n) is 12.5. The fourth-order valence-electron chi connectivity index (χ4n) is 2.69. The summed E-state index contributed by atoms with van der Waals surface area (Å²) in [5.74, 6) is 0.237. The second kappa shape index (κ2) is 6.40. The minimum atomic E-state index is -0.0187. The Hall–Kier alpha value is -1.01. The van der Waals surface area contributed by atoms with Crippen molar-refractivity contribution < 1.29 is 4.79 Å². The molecule has 0 aromatic carbocycles. The van der Waals surface area contributed by atoms with Gasteiger partial charge >= 0.3 is 0 Å². The summed E-state index contributed by atoms with van der Waals surface area (Å²) in [5, 5.41) is 3.80. The summed E-state index contributed by atoms with van der Waals surface area (Å²) in [5.41, 5.74) is 0. The standard InChI is InChI=1S/C15H21N3OS2/c1-11-10-16-15(21-11)18-7-5-17(6-8-18)14(19)12(2)13-4-3-9-20-13/h3-4,9,11-12H,5-8,10H2,1-2H3. The van der Waals surface area contributed by atoms with Crippen molar-refractivity contribution in [3.63, 3.8) is 0 Å². The number of hydrogen-bond donors (Lipinski definition) is 0. The number of amidine groups is 1. The van der Waals surface area contributed by atoms with E-state index in [1.54, 1.807) is 11.3 Å². The average molecular weight is 323 g/mol. The molecule has 0 spiro atoms. The molecule has 114 valence electrons. The highest BCUT2D eigenvalue weighted by atomic mass is 32.2. The van der Waals surface area contributed by atoms with Crippen molar-refractivity contribution in [3.8, 4) is 0 Å². The molecule has 2 unspecified atom stereocenters. The van der Waals surface area contributed by atoms with Gasteiger partial charge in [-0.25, -0.2) is 0 Å². The van der Waals surface area contributed by atoms with E-state index in [1.165, 1.54) is 5.17 Å². The largest absolute Gasteiger partial charge is 0.348 e. The monoisotopic (exact) mass is 323 g/mol. The minimum Gasteiger partial charge on any atom is -0.348 e. The van der Waals surface area contributed by atoms with Gasteiger partial charge in [0.2, 0.25) is 5.91 Å². The lowest BCUT2D eigenvalue weighted by Crippen LogP contribution is -2.50. The molecule has 1 fully saturated rings. The van der Waals surface area contributed by atoms with Crippen molar-refractivity contribution in [3.05, 3.63) is 22.4 Å². The number of carbonyl (C=O) groups excluding carboxylic acids is 1. The maximum absolute atomic E-state index is 12.6. The van der Waals surface area contributed by atoms with Gasteiger partial charge in [-0.05, 0) is 18.4 Å². The van der Waals surface area contributed by atoms with E-state index in [4.69, 9.17) is 0 Å². The van der Waals surface area contributed by atoms with E-state index in [-0.39, 0.29) is 11.8 Å². The molecule has 1 aromatic rings. The van der Waals surface area contributed by atoms with Crippen LogP contribution < -0.4 is 0 Å². The Balaban J connectivity index is 1.55. The molecular weight excluding hydrogens is 302 g/mol. The smallest absolute Gasteiger partial charge is 0.230 e. The van der Waals surface area contributed by atoms with Gasteiger partial charge in [0.05, 0.1) is 12.5 Å². The van der Waals surface area contributed by atoms with Crippen LogP contribution in [0.3, 0.4) is 0 Å². The molecule has 2 aliphatic heterocycles. The zero-order chi connectivity index (χ0) is 14.8. The van der Waals surface area contributed by atoms with Crippen LogP contribution in [0, 0.1) is 0 Å². The lowest BCUT2D eigenvalue weighted by molar-refractivity contribution is -0.133. The lowest BCUT2D eigenvalue weighted by Gasteiger charge is -2.36. The molecule has 3 heterocycles. The molecule has 1 amide bonds. The molecule has 2 aliphatic rings. The highest BCUT2D eigenvalue weighted by Gasteiger charge is 2.29. The molecule has 2 atom stereocenters. The Morgan fingerprint density at radius 3 is 2.71 bits per heavy atom. The SMILES string of the molecule is CC1CN=C(N2CCN(C(=O)C(C)c3cccs3)CC2)S1. The fraction of sp³-hybridized carbons (Fsp3) is 0.600. The van der Waals surface area contributed by atoms with Crippen molar-refractivity contribution >= 4 is 34.2 Å².